The Morgan fingerprint density at radius 3 is 2.45 bits per heavy atom. The summed E-state index contributed by atoms with van der Waals surface area (Å²) in [6, 6.07) is 0. The molecule has 0 atom stereocenters. The molecule has 0 aromatic rings. The number of halogens is 1. The van der Waals surface area contributed by atoms with Crippen LogP contribution in [-0.2, 0) is 4.79 Å². The summed E-state index contributed by atoms with van der Waals surface area (Å²) in [5.74, 6) is 0.998. The van der Waals surface area contributed by atoms with Crippen molar-refractivity contribution >= 4 is 32.8 Å². The standard InChI is InChI=1S/C8H15BrOS/c1-8(10)11-7-5-3-2-4-6-9/h2-7H2,1H3. The van der Waals surface area contributed by atoms with Crippen molar-refractivity contribution in [2.45, 2.75) is 32.6 Å². The monoisotopic (exact) mass is 238 g/mol. The number of carbonyl (C=O) groups excluding carboxylic acids is 1. The largest absolute Gasteiger partial charge is 0.288 e. The SMILES string of the molecule is CC(=O)SCCCCCCBr. The zero-order valence-electron chi connectivity index (χ0n) is 6.94. The summed E-state index contributed by atoms with van der Waals surface area (Å²) in [7, 11) is 0. The van der Waals surface area contributed by atoms with Crippen LogP contribution < -0.4 is 0 Å². The van der Waals surface area contributed by atoms with Gasteiger partial charge in [-0.15, -0.1) is 0 Å². The molecule has 1 nitrogen and oxygen atoms in total. The van der Waals surface area contributed by atoms with Gasteiger partial charge in [-0.2, -0.15) is 0 Å². The normalized spacial score (nSPS) is 10.0. The molecule has 0 aliphatic heterocycles. The maximum absolute atomic E-state index is 10.5. The highest BCUT2D eigenvalue weighted by atomic mass is 79.9. The zero-order chi connectivity index (χ0) is 8.53. The number of unbranched alkanes of at least 4 members (excludes halogenated alkanes) is 3. The molecule has 0 aliphatic rings. The summed E-state index contributed by atoms with van der Waals surface area (Å²) in [4.78, 5) is 10.5. The third kappa shape index (κ3) is 10.5. The maximum Gasteiger partial charge on any atom is 0.185 e. The van der Waals surface area contributed by atoms with Crippen LogP contribution in [-0.4, -0.2) is 16.2 Å². The minimum Gasteiger partial charge on any atom is -0.288 e. The van der Waals surface area contributed by atoms with E-state index >= 15 is 0 Å². The molecule has 0 fully saturated rings. The fourth-order valence-electron chi connectivity index (χ4n) is 0.766. The summed E-state index contributed by atoms with van der Waals surface area (Å²) in [6.45, 7) is 1.63. The van der Waals surface area contributed by atoms with Gasteiger partial charge >= 0.3 is 0 Å². The molecule has 0 aromatic heterocycles. The van der Waals surface area contributed by atoms with Gasteiger partial charge in [-0.05, 0) is 12.8 Å². The molecular weight excluding hydrogens is 224 g/mol. The predicted molar refractivity (Wildman–Crippen MR) is 55.4 cm³/mol. The van der Waals surface area contributed by atoms with Crippen LogP contribution >= 0.6 is 27.7 Å². The topological polar surface area (TPSA) is 17.1 Å². The molecule has 0 saturated carbocycles. The van der Waals surface area contributed by atoms with Crippen LogP contribution in [0.5, 0.6) is 0 Å². The van der Waals surface area contributed by atoms with E-state index in [-0.39, 0.29) is 5.12 Å². The molecule has 11 heavy (non-hydrogen) atoms. The Hall–Kier alpha value is 0.500. The molecule has 0 heterocycles. The van der Waals surface area contributed by atoms with Gasteiger partial charge in [0.1, 0.15) is 0 Å². The van der Waals surface area contributed by atoms with Crippen LogP contribution in [0.2, 0.25) is 0 Å². The molecule has 66 valence electrons. The summed E-state index contributed by atoms with van der Waals surface area (Å²) in [6.07, 6.45) is 4.97. The van der Waals surface area contributed by atoms with Gasteiger partial charge in [-0.1, -0.05) is 40.5 Å². The Bertz CT molecular complexity index is 106. The third-order valence-corrected chi connectivity index (χ3v) is 2.79. The second kappa shape index (κ2) is 8.60. The van der Waals surface area contributed by atoms with Gasteiger partial charge in [0.25, 0.3) is 0 Å². The van der Waals surface area contributed by atoms with Gasteiger partial charge in [0.15, 0.2) is 5.12 Å². The minimum absolute atomic E-state index is 0.241. The molecule has 0 aliphatic carbocycles. The highest BCUT2D eigenvalue weighted by Gasteiger charge is 1.93. The molecule has 0 radical (unpaired) electrons. The van der Waals surface area contributed by atoms with Crippen LogP contribution in [0.4, 0.5) is 0 Å². The third-order valence-electron chi connectivity index (χ3n) is 1.33. The second-order valence-corrected chi connectivity index (χ2v) is 4.51. The average molecular weight is 239 g/mol. The van der Waals surface area contributed by atoms with E-state index in [1.807, 2.05) is 0 Å². The van der Waals surface area contributed by atoms with Crippen molar-refractivity contribution in [2.75, 3.05) is 11.1 Å². The van der Waals surface area contributed by atoms with Crippen molar-refractivity contribution in [3.63, 3.8) is 0 Å². The van der Waals surface area contributed by atoms with Crippen LogP contribution in [0, 0.1) is 0 Å². The highest BCUT2D eigenvalue weighted by molar-refractivity contribution is 9.09. The summed E-state index contributed by atoms with van der Waals surface area (Å²) in [5.41, 5.74) is 0. The first-order chi connectivity index (χ1) is 5.27. The lowest BCUT2D eigenvalue weighted by atomic mass is 10.2. The van der Waals surface area contributed by atoms with E-state index in [1.165, 1.54) is 37.4 Å². The fourth-order valence-corrected chi connectivity index (χ4v) is 1.80. The van der Waals surface area contributed by atoms with Crippen LogP contribution in [0.15, 0.2) is 0 Å². The Balaban J connectivity index is 2.85. The van der Waals surface area contributed by atoms with Gasteiger partial charge in [-0.3, -0.25) is 4.79 Å². The van der Waals surface area contributed by atoms with E-state index in [0.29, 0.717) is 0 Å². The van der Waals surface area contributed by atoms with E-state index in [2.05, 4.69) is 15.9 Å². The summed E-state index contributed by atoms with van der Waals surface area (Å²) in [5, 5.41) is 1.35. The number of hydrogen-bond donors (Lipinski definition) is 0. The highest BCUT2D eigenvalue weighted by Crippen LogP contribution is 2.08. The molecule has 0 amide bonds. The Kier molecular flexibility index (Phi) is 8.99. The van der Waals surface area contributed by atoms with Crippen molar-refractivity contribution in [1.82, 2.24) is 0 Å². The fraction of sp³-hybridized carbons (Fsp3) is 0.875. The second-order valence-electron chi connectivity index (χ2n) is 2.44. The van der Waals surface area contributed by atoms with Gasteiger partial charge < -0.3 is 0 Å². The molecule has 0 rings (SSSR count). The van der Waals surface area contributed by atoms with E-state index in [0.717, 1.165) is 11.1 Å². The first-order valence-electron chi connectivity index (χ1n) is 3.96. The molecule has 0 bridgehead atoms. The van der Waals surface area contributed by atoms with Crippen molar-refractivity contribution in [1.29, 1.82) is 0 Å². The first-order valence-corrected chi connectivity index (χ1v) is 6.07. The lowest BCUT2D eigenvalue weighted by Crippen LogP contribution is -1.86. The molecule has 0 spiro atoms. The van der Waals surface area contributed by atoms with E-state index in [4.69, 9.17) is 0 Å². The number of hydrogen-bond acceptors (Lipinski definition) is 2. The van der Waals surface area contributed by atoms with E-state index in [1.54, 1.807) is 6.92 Å². The average Bonchev–Trinajstić information content (AvgIpc) is 1.96. The minimum atomic E-state index is 0.241. The molecule has 0 saturated heterocycles. The Morgan fingerprint density at radius 1 is 1.27 bits per heavy atom. The van der Waals surface area contributed by atoms with Crippen LogP contribution in [0.1, 0.15) is 32.6 Å². The van der Waals surface area contributed by atoms with Crippen LogP contribution in [0.3, 0.4) is 0 Å². The van der Waals surface area contributed by atoms with Crippen molar-refractivity contribution in [3.05, 3.63) is 0 Å². The molecule has 3 heteroatoms. The zero-order valence-corrected chi connectivity index (χ0v) is 9.34. The maximum atomic E-state index is 10.5. The number of alkyl halides is 1. The molecular formula is C8H15BrOS. The van der Waals surface area contributed by atoms with E-state index < -0.39 is 0 Å². The van der Waals surface area contributed by atoms with Gasteiger partial charge in [0, 0.05) is 18.0 Å². The van der Waals surface area contributed by atoms with Gasteiger partial charge in [0.05, 0.1) is 0 Å². The lowest BCUT2D eigenvalue weighted by Gasteiger charge is -1.96. The van der Waals surface area contributed by atoms with Crippen LogP contribution in [0.25, 0.3) is 0 Å². The molecule has 0 unspecified atom stereocenters. The number of carbonyl (C=O) groups is 1. The van der Waals surface area contributed by atoms with E-state index in [9.17, 15) is 4.79 Å². The summed E-state index contributed by atoms with van der Waals surface area (Å²) < 4.78 is 0. The number of rotatable bonds is 6. The lowest BCUT2D eigenvalue weighted by molar-refractivity contribution is -0.109. The smallest absolute Gasteiger partial charge is 0.185 e. The first kappa shape index (κ1) is 11.5. The van der Waals surface area contributed by atoms with Gasteiger partial charge in [-0.25, -0.2) is 0 Å². The predicted octanol–water partition coefficient (Wildman–Crippen LogP) is 3.22. The Morgan fingerprint density at radius 2 is 1.91 bits per heavy atom. The summed E-state index contributed by atoms with van der Waals surface area (Å²) >= 11 is 4.82. The number of thioether (sulfide) groups is 1. The van der Waals surface area contributed by atoms with Crippen molar-refractivity contribution in [2.24, 2.45) is 0 Å². The quantitative estimate of drug-likeness (QED) is 0.523. The molecule has 0 aromatic carbocycles. The molecule has 0 N–H and O–H groups in total. The Labute approximate surface area is 81.4 Å². The van der Waals surface area contributed by atoms with Crippen molar-refractivity contribution in [3.8, 4) is 0 Å². The van der Waals surface area contributed by atoms with Gasteiger partial charge in [0.2, 0.25) is 0 Å². The van der Waals surface area contributed by atoms with Crippen molar-refractivity contribution < 1.29 is 4.79 Å².